The zero-order valence-corrected chi connectivity index (χ0v) is 12.6. The first-order valence-corrected chi connectivity index (χ1v) is 8.26. The molecule has 1 aliphatic rings. The van der Waals surface area contributed by atoms with E-state index in [2.05, 4.69) is 10.0 Å². The second-order valence-corrected chi connectivity index (χ2v) is 7.35. The van der Waals surface area contributed by atoms with E-state index in [0.717, 1.165) is 25.9 Å². The van der Waals surface area contributed by atoms with E-state index in [-0.39, 0.29) is 16.9 Å². The Balaban J connectivity index is 2.17. The predicted octanol–water partition coefficient (Wildman–Crippen LogP) is 1.26. The standard InChI is InChI=1S/C13H19N3O4S/c1-13(6-8-14-9-7-13)10-15-21(19,20)12-5-3-2-4-11(12)16(17)18/h2-5,14-15H,6-10H2,1H3. The molecule has 1 fully saturated rings. The molecule has 0 radical (unpaired) electrons. The monoisotopic (exact) mass is 313 g/mol. The number of nitro benzene ring substituents is 1. The number of nitro groups is 1. The summed E-state index contributed by atoms with van der Waals surface area (Å²) in [5.74, 6) is 0. The molecular formula is C13H19N3O4S. The Morgan fingerprint density at radius 3 is 2.57 bits per heavy atom. The van der Waals surface area contributed by atoms with E-state index in [1.165, 1.54) is 24.3 Å². The Kier molecular flexibility index (Phi) is 4.60. The Morgan fingerprint density at radius 2 is 1.95 bits per heavy atom. The van der Waals surface area contributed by atoms with Gasteiger partial charge in [0.2, 0.25) is 10.0 Å². The van der Waals surface area contributed by atoms with Gasteiger partial charge in [0.1, 0.15) is 0 Å². The van der Waals surface area contributed by atoms with Crippen LogP contribution in [0.15, 0.2) is 29.2 Å². The van der Waals surface area contributed by atoms with Crippen molar-refractivity contribution in [2.45, 2.75) is 24.7 Å². The largest absolute Gasteiger partial charge is 0.317 e. The highest BCUT2D eigenvalue weighted by Crippen LogP contribution is 2.28. The Labute approximate surface area is 123 Å². The molecule has 1 heterocycles. The SMILES string of the molecule is CC1(CNS(=O)(=O)c2ccccc2[N+](=O)[O-])CCNCC1. The molecule has 0 unspecified atom stereocenters. The molecule has 0 atom stereocenters. The van der Waals surface area contributed by atoms with Crippen molar-refractivity contribution in [1.29, 1.82) is 0 Å². The van der Waals surface area contributed by atoms with Gasteiger partial charge in [-0.05, 0) is 37.4 Å². The maximum absolute atomic E-state index is 12.3. The van der Waals surface area contributed by atoms with Crippen molar-refractivity contribution in [3.63, 3.8) is 0 Å². The first kappa shape index (κ1) is 15.9. The fourth-order valence-corrected chi connectivity index (χ4v) is 3.76. The third kappa shape index (κ3) is 3.78. The van der Waals surface area contributed by atoms with Gasteiger partial charge in [-0.25, -0.2) is 13.1 Å². The molecule has 0 spiro atoms. The van der Waals surface area contributed by atoms with Crippen LogP contribution >= 0.6 is 0 Å². The first-order valence-electron chi connectivity index (χ1n) is 6.78. The molecule has 1 aromatic rings. The van der Waals surface area contributed by atoms with E-state index < -0.39 is 20.6 Å². The summed E-state index contributed by atoms with van der Waals surface area (Å²) in [5.41, 5.74) is -0.525. The number of nitrogens with zero attached hydrogens (tertiary/aromatic N) is 1. The average molecular weight is 313 g/mol. The number of benzene rings is 1. The quantitative estimate of drug-likeness (QED) is 0.629. The highest BCUT2D eigenvalue weighted by molar-refractivity contribution is 7.89. The molecule has 0 aliphatic carbocycles. The second kappa shape index (κ2) is 6.08. The molecule has 1 aromatic carbocycles. The van der Waals surface area contributed by atoms with Crippen LogP contribution in [0.3, 0.4) is 0 Å². The van der Waals surface area contributed by atoms with Crippen LogP contribution in [0.2, 0.25) is 0 Å². The number of piperidine rings is 1. The minimum absolute atomic E-state index is 0.123. The summed E-state index contributed by atoms with van der Waals surface area (Å²) in [4.78, 5) is 9.98. The number of para-hydroxylation sites is 1. The average Bonchev–Trinajstić information content (AvgIpc) is 2.46. The van der Waals surface area contributed by atoms with Crippen LogP contribution in [0.4, 0.5) is 5.69 Å². The summed E-state index contributed by atoms with van der Waals surface area (Å²) in [6.07, 6.45) is 1.73. The molecule has 0 aromatic heterocycles. The van der Waals surface area contributed by atoms with Crippen molar-refractivity contribution < 1.29 is 13.3 Å². The molecule has 1 aliphatic heterocycles. The number of hydrogen-bond acceptors (Lipinski definition) is 5. The van der Waals surface area contributed by atoms with Gasteiger partial charge in [0, 0.05) is 12.6 Å². The van der Waals surface area contributed by atoms with Crippen LogP contribution in [0.5, 0.6) is 0 Å². The topological polar surface area (TPSA) is 101 Å². The van der Waals surface area contributed by atoms with E-state index in [0.29, 0.717) is 0 Å². The summed E-state index contributed by atoms with van der Waals surface area (Å²) < 4.78 is 27.1. The third-order valence-electron chi connectivity index (χ3n) is 3.85. The lowest BCUT2D eigenvalue weighted by molar-refractivity contribution is -0.387. The van der Waals surface area contributed by atoms with Gasteiger partial charge in [0.15, 0.2) is 4.90 Å². The van der Waals surface area contributed by atoms with Gasteiger partial charge >= 0.3 is 0 Å². The van der Waals surface area contributed by atoms with Crippen LogP contribution < -0.4 is 10.0 Å². The number of rotatable bonds is 5. The van der Waals surface area contributed by atoms with Crippen LogP contribution in [0.1, 0.15) is 19.8 Å². The molecule has 2 rings (SSSR count). The van der Waals surface area contributed by atoms with Crippen molar-refractivity contribution in [1.82, 2.24) is 10.0 Å². The maximum Gasteiger partial charge on any atom is 0.289 e. The third-order valence-corrected chi connectivity index (χ3v) is 5.30. The fraction of sp³-hybridized carbons (Fsp3) is 0.538. The Hall–Kier alpha value is -1.51. The van der Waals surface area contributed by atoms with Gasteiger partial charge in [0.25, 0.3) is 5.69 Å². The Bertz CT molecular complexity index is 624. The second-order valence-electron chi connectivity index (χ2n) is 5.61. The smallest absolute Gasteiger partial charge is 0.289 e. The van der Waals surface area contributed by atoms with Gasteiger partial charge in [-0.15, -0.1) is 0 Å². The first-order chi connectivity index (χ1) is 9.84. The molecule has 8 heteroatoms. The lowest BCUT2D eigenvalue weighted by atomic mass is 9.81. The summed E-state index contributed by atoms with van der Waals surface area (Å²) in [5, 5.41) is 14.2. The lowest BCUT2D eigenvalue weighted by Crippen LogP contribution is -2.42. The van der Waals surface area contributed by atoms with Crippen molar-refractivity contribution in [2.24, 2.45) is 5.41 Å². The van der Waals surface area contributed by atoms with Gasteiger partial charge in [-0.1, -0.05) is 19.1 Å². The summed E-state index contributed by atoms with van der Waals surface area (Å²) in [6.45, 7) is 4.01. The normalized spacial score (nSPS) is 18.3. The summed E-state index contributed by atoms with van der Waals surface area (Å²) in [7, 11) is -3.89. The zero-order valence-electron chi connectivity index (χ0n) is 11.8. The van der Waals surface area contributed by atoms with Crippen LogP contribution in [-0.4, -0.2) is 33.0 Å². The van der Waals surface area contributed by atoms with Crippen molar-refractivity contribution in [3.8, 4) is 0 Å². The van der Waals surface area contributed by atoms with Gasteiger partial charge in [-0.3, -0.25) is 10.1 Å². The molecule has 2 N–H and O–H groups in total. The highest BCUT2D eigenvalue weighted by atomic mass is 32.2. The minimum Gasteiger partial charge on any atom is -0.317 e. The predicted molar refractivity (Wildman–Crippen MR) is 78.5 cm³/mol. The van der Waals surface area contributed by atoms with Crippen LogP contribution in [0, 0.1) is 15.5 Å². The molecule has 0 bridgehead atoms. The number of nitrogens with one attached hydrogen (secondary N) is 2. The van der Waals surface area contributed by atoms with Crippen LogP contribution in [-0.2, 0) is 10.0 Å². The van der Waals surface area contributed by atoms with Gasteiger partial charge in [-0.2, -0.15) is 0 Å². The van der Waals surface area contributed by atoms with E-state index in [1.807, 2.05) is 6.92 Å². The van der Waals surface area contributed by atoms with E-state index in [1.54, 1.807) is 0 Å². The zero-order chi connectivity index (χ0) is 15.5. The highest BCUT2D eigenvalue weighted by Gasteiger charge is 2.31. The van der Waals surface area contributed by atoms with E-state index in [4.69, 9.17) is 0 Å². The van der Waals surface area contributed by atoms with Crippen molar-refractivity contribution in [2.75, 3.05) is 19.6 Å². The van der Waals surface area contributed by atoms with Crippen LogP contribution in [0.25, 0.3) is 0 Å². The summed E-state index contributed by atoms with van der Waals surface area (Å²) >= 11 is 0. The van der Waals surface area contributed by atoms with E-state index >= 15 is 0 Å². The molecule has 0 amide bonds. The molecular weight excluding hydrogens is 294 g/mol. The number of sulfonamides is 1. The minimum atomic E-state index is -3.89. The summed E-state index contributed by atoms with van der Waals surface area (Å²) in [6, 6.07) is 5.38. The van der Waals surface area contributed by atoms with Crippen molar-refractivity contribution >= 4 is 15.7 Å². The number of hydrogen-bond donors (Lipinski definition) is 2. The molecule has 1 saturated heterocycles. The molecule has 116 valence electrons. The fourth-order valence-electron chi connectivity index (χ4n) is 2.39. The maximum atomic E-state index is 12.3. The van der Waals surface area contributed by atoms with Gasteiger partial charge < -0.3 is 5.32 Å². The van der Waals surface area contributed by atoms with E-state index in [9.17, 15) is 18.5 Å². The molecule has 7 nitrogen and oxygen atoms in total. The molecule has 0 saturated carbocycles. The molecule has 21 heavy (non-hydrogen) atoms. The van der Waals surface area contributed by atoms with Gasteiger partial charge in [0.05, 0.1) is 4.92 Å². The van der Waals surface area contributed by atoms with Crippen molar-refractivity contribution in [3.05, 3.63) is 34.4 Å². The lowest BCUT2D eigenvalue weighted by Gasteiger charge is -2.34. The Morgan fingerprint density at radius 1 is 1.33 bits per heavy atom.